The first-order valence-electron chi connectivity index (χ1n) is 16.9. The highest BCUT2D eigenvalue weighted by Gasteiger charge is 2.21. The maximum atomic E-state index is 14.5. The Bertz CT molecular complexity index is 2370. The molecule has 1 aliphatic heterocycles. The first kappa shape index (κ1) is 33.7. The van der Waals surface area contributed by atoms with Crippen molar-refractivity contribution in [2.75, 3.05) is 31.9 Å². The van der Waals surface area contributed by atoms with Crippen LogP contribution in [0.5, 0.6) is 5.75 Å². The molecule has 6 aromatic rings. The smallest absolute Gasteiger partial charge is 0.263 e. The minimum atomic E-state index is -0.274. The summed E-state index contributed by atoms with van der Waals surface area (Å²) in [6.07, 6.45) is 3.91. The molecule has 7 rings (SSSR count). The molecule has 4 N–H and O–H groups in total. The fourth-order valence-electron chi connectivity index (χ4n) is 6.36. The van der Waals surface area contributed by atoms with Crippen molar-refractivity contribution in [1.82, 2.24) is 39.5 Å². The number of phenolic OH excluding ortho intramolecular Hbond substituents is 1. The van der Waals surface area contributed by atoms with Gasteiger partial charge in [0.1, 0.15) is 36.0 Å². The first-order valence-corrected chi connectivity index (χ1v) is 17.2. The third kappa shape index (κ3) is 7.26. The SMILES string of the molecule is Nc1ncnc2c1c(-c1cccc(O)c1)nn2Cc1nc2cccc(C#CCCCC(=O)N3CCCNCC3)c2c(=O)n1Cc1ccccc1Cl. The van der Waals surface area contributed by atoms with Gasteiger partial charge in [0.15, 0.2) is 5.65 Å². The molecule has 0 bridgehead atoms. The number of carbonyl (C=O) groups excluding carboxylic acids is 1. The number of benzene rings is 3. The van der Waals surface area contributed by atoms with E-state index in [9.17, 15) is 14.7 Å². The van der Waals surface area contributed by atoms with Gasteiger partial charge >= 0.3 is 0 Å². The zero-order valence-electron chi connectivity index (χ0n) is 27.8. The average molecular weight is 702 g/mol. The fourth-order valence-corrected chi connectivity index (χ4v) is 6.56. The number of rotatable bonds is 8. The van der Waals surface area contributed by atoms with Gasteiger partial charge < -0.3 is 21.1 Å². The van der Waals surface area contributed by atoms with Crippen molar-refractivity contribution < 1.29 is 9.90 Å². The predicted octanol–water partition coefficient (Wildman–Crippen LogP) is 4.58. The number of unbranched alkanes of at least 4 members (excludes halogenated alkanes) is 1. The van der Waals surface area contributed by atoms with Gasteiger partial charge in [0.05, 0.1) is 22.8 Å². The molecule has 4 heterocycles. The number of carbonyl (C=O) groups is 1. The second-order valence-corrected chi connectivity index (χ2v) is 12.8. The van der Waals surface area contributed by atoms with Gasteiger partial charge in [-0.25, -0.2) is 19.6 Å². The van der Waals surface area contributed by atoms with Crippen LogP contribution in [0.15, 0.2) is 77.9 Å². The molecule has 1 amide bonds. The van der Waals surface area contributed by atoms with E-state index in [4.69, 9.17) is 27.4 Å². The molecule has 1 saturated heterocycles. The molecular formula is C38H36ClN9O3. The maximum absolute atomic E-state index is 14.5. The van der Waals surface area contributed by atoms with Gasteiger partial charge in [0.25, 0.3) is 5.56 Å². The van der Waals surface area contributed by atoms with Crippen molar-refractivity contribution in [3.63, 3.8) is 0 Å². The number of anilines is 1. The number of nitrogen functional groups attached to an aromatic ring is 1. The molecule has 258 valence electrons. The fraction of sp³-hybridized carbons (Fsp3) is 0.263. The molecule has 13 heteroatoms. The van der Waals surface area contributed by atoms with E-state index in [0.717, 1.165) is 38.2 Å². The van der Waals surface area contributed by atoms with E-state index < -0.39 is 0 Å². The van der Waals surface area contributed by atoms with Crippen molar-refractivity contribution in [2.24, 2.45) is 0 Å². The maximum Gasteiger partial charge on any atom is 0.263 e. The average Bonchev–Trinajstić information content (AvgIpc) is 3.28. The predicted molar refractivity (Wildman–Crippen MR) is 197 cm³/mol. The first-order chi connectivity index (χ1) is 24.9. The molecule has 51 heavy (non-hydrogen) atoms. The minimum absolute atomic E-state index is 0.0679. The molecule has 3 aromatic heterocycles. The number of halogens is 1. The lowest BCUT2D eigenvalue weighted by Gasteiger charge is -2.19. The molecule has 0 saturated carbocycles. The molecule has 0 unspecified atom stereocenters. The third-order valence-electron chi connectivity index (χ3n) is 8.93. The van der Waals surface area contributed by atoms with E-state index in [-0.39, 0.29) is 36.1 Å². The van der Waals surface area contributed by atoms with Gasteiger partial charge in [0, 0.05) is 48.6 Å². The van der Waals surface area contributed by atoms with Crippen LogP contribution < -0.4 is 16.6 Å². The van der Waals surface area contributed by atoms with Crippen LogP contribution in [0, 0.1) is 11.8 Å². The van der Waals surface area contributed by atoms with Crippen LogP contribution in [-0.4, -0.2) is 71.4 Å². The highest BCUT2D eigenvalue weighted by Crippen LogP contribution is 2.32. The highest BCUT2D eigenvalue weighted by molar-refractivity contribution is 6.31. The number of hydrogen-bond acceptors (Lipinski definition) is 9. The summed E-state index contributed by atoms with van der Waals surface area (Å²) in [5.74, 6) is 7.25. The van der Waals surface area contributed by atoms with Crippen LogP contribution in [0.25, 0.3) is 33.2 Å². The lowest BCUT2D eigenvalue weighted by molar-refractivity contribution is -0.131. The summed E-state index contributed by atoms with van der Waals surface area (Å²) in [6, 6.07) is 19.5. The van der Waals surface area contributed by atoms with E-state index in [1.807, 2.05) is 41.3 Å². The zero-order chi connectivity index (χ0) is 35.3. The molecule has 1 aliphatic rings. The molecule has 12 nitrogen and oxygen atoms in total. The molecule has 3 aromatic carbocycles. The standard InChI is InChI=1S/C38H36ClN9O3/c39-29-14-5-4-10-27(29)22-47-31(23-48-37-34(36(40)42-24-43-37)35(45-48)26-12-6-13-28(49)21-26)44-30-15-7-11-25(33(30)38(47)51)9-2-1-3-16-32(50)46-19-8-17-41-18-20-46/h4-7,10-15,21,24,41,49H,1,3,8,16-20,22-23H2,(H2,40,42,43). The Balaban J connectivity index is 1.25. The van der Waals surface area contributed by atoms with Gasteiger partial charge in [-0.1, -0.05) is 59.8 Å². The molecule has 0 atom stereocenters. The summed E-state index contributed by atoms with van der Waals surface area (Å²) in [6.45, 7) is 3.48. The number of aromatic nitrogens is 6. The molecule has 0 spiro atoms. The summed E-state index contributed by atoms with van der Waals surface area (Å²) < 4.78 is 3.23. The normalized spacial score (nSPS) is 13.2. The van der Waals surface area contributed by atoms with Crippen LogP contribution in [0.3, 0.4) is 0 Å². The van der Waals surface area contributed by atoms with Crippen molar-refractivity contribution in [2.45, 2.75) is 38.8 Å². The Morgan fingerprint density at radius 3 is 2.73 bits per heavy atom. The second-order valence-electron chi connectivity index (χ2n) is 12.4. The number of nitrogens with two attached hydrogens (primary N) is 1. The Labute approximate surface area is 298 Å². The minimum Gasteiger partial charge on any atom is -0.508 e. The van der Waals surface area contributed by atoms with Crippen LogP contribution in [0.2, 0.25) is 5.02 Å². The lowest BCUT2D eigenvalue weighted by Crippen LogP contribution is -2.33. The quantitative estimate of drug-likeness (QED) is 0.153. The summed E-state index contributed by atoms with van der Waals surface area (Å²) >= 11 is 6.59. The van der Waals surface area contributed by atoms with Crippen LogP contribution in [0.1, 0.15) is 42.6 Å². The van der Waals surface area contributed by atoms with Crippen molar-refractivity contribution in [3.8, 4) is 28.8 Å². The Kier molecular flexibility index (Phi) is 9.92. The van der Waals surface area contributed by atoms with Gasteiger partial charge in [0.2, 0.25) is 5.91 Å². The topological polar surface area (TPSA) is 157 Å². The molecule has 1 fully saturated rings. The van der Waals surface area contributed by atoms with Gasteiger partial charge in [-0.2, -0.15) is 5.10 Å². The number of hydrogen-bond donors (Lipinski definition) is 3. The lowest BCUT2D eigenvalue weighted by atomic mass is 10.1. The third-order valence-corrected chi connectivity index (χ3v) is 9.30. The van der Waals surface area contributed by atoms with Gasteiger partial charge in [-0.15, -0.1) is 0 Å². The number of nitrogens with one attached hydrogen (secondary N) is 1. The summed E-state index contributed by atoms with van der Waals surface area (Å²) in [5.41, 5.74) is 9.42. The molecule has 0 radical (unpaired) electrons. The molecule has 0 aliphatic carbocycles. The number of amides is 1. The monoisotopic (exact) mass is 701 g/mol. The van der Waals surface area contributed by atoms with Gasteiger partial charge in [-0.3, -0.25) is 14.2 Å². The number of nitrogens with zero attached hydrogens (tertiary/aromatic N) is 7. The van der Waals surface area contributed by atoms with E-state index in [1.54, 1.807) is 39.6 Å². The Morgan fingerprint density at radius 1 is 1.00 bits per heavy atom. The summed E-state index contributed by atoms with van der Waals surface area (Å²) in [7, 11) is 0. The van der Waals surface area contributed by atoms with E-state index in [1.165, 1.54) is 6.33 Å². The van der Waals surface area contributed by atoms with E-state index in [0.29, 0.717) is 68.9 Å². The number of aromatic hydroxyl groups is 1. The van der Waals surface area contributed by atoms with Crippen molar-refractivity contribution >= 4 is 45.3 Å². The second kappa shape index (κ2) is 15.0. The number of phenols is 1. The van der Waals surface area contributed by atoms with E-state index in [2.05, 4.69) is 27.1 Å². The van der Waals surface area contributed by atoms with E-state index >= 15 is 0 Å². The Hall–Kier alpha value is -5.77. The Morgan fingerprint density at radius 2 is 1.86 bits per heavy atom. The largest absolute Gasteiger partial charge is 0.508 e. The summed E-state index contributed by atoms with van der Waals surface area (Å²) in [4.78, 5) is 42.8. The molecular weight excluding hydrogens is 666 g/mol. The van der Waals surface area contributed by atoms with Crippen molar-refractivity contribution in [1.29, 1.82) is 0 Å². The van der Waals surface area contributed by atoms with Crippen LogP contribution in [-0.2, 0) is 17.9 Å². The van der Waals surface area contributed by atoms with Gasteiger partial charge in [-0.05, 0) is 55.3 Å². The van der Waals surface area contributed by atoms with Crippen LogP contribution >= 0.6 is 11.6 Å². The summed E-state index contributed by atoms with van der Waals surface area (Å²) in [5, 5.41) is 19.8. The number of fused-ring (bicyclic) bond motifs is 2. The zero-order valence-corrected chi connectivity index (χ0v) is 28.6. The van der Waals surface area contributed by atoms with Crippen LogP contribution in [0.4, 0.5) is 5.82 Å². The van der Waals surface area contributed by atoms with Crippen molar-refractivity contribution in [3.05, 3.63) is 105 Å². The highest BCUT2D eigenvalue weighted by atomic mass is 35.5.